The molecule has 1 aliphatic heterocycles. The van der Waals surface area contributed by atoms with Gasteiger partial charge in [-0.15, -0.1) is 0 Å². The molecular weight excluding hydrogens is 256 g/mol. The zero-order chi connectivity index (χ0) is 15.9. The van der Waals surface area contributed by atoms with Crippen LogP contribution in [0, 0.1) is 18.8 Å². The van der Waals surface area contributed by atoms with Crippen LogP contribution < -0.4 is 4.90 Å². The monoisotopic (exact) mass is 288 g/mol. The van der Waals surface area contributed by atoms with Crippen molar-refractivity contribution in [3.63, 3.8) is 0 Å². The average molecular weight is 288 g/mol. The van der Waals surface area contributed by atoms with Crippen LogP contribution in [-0.2, 0) is 0 Å². The van der Waals surface area contributed by atoms with Crippen molar-refractivity contribution in [3.8, 4) is 0 Å². The number of anilines is 1. The first-order valence-electron chi connectivity index (χ1n) is 8.48. The van der Waals surface area contributed by atoms with Crippen LogP contribution in [0.2, 0.25) is 0 Å². The second-order valence-corrected chi connectivity index (χ2v) is 7.66. The Balaban J connectivity index is 2.71. The Labute approximate surface area is 131 Å². The summed E-state index contributed by atoms with van der Waals surface area (Å²) in [6.07, 6.45) is 1.26. The molecule has 1 aromatic rings. The van der Waals surface area contributed by atoms with Gasteiger partial charge in [-0.25, -0.2) is 4.98 Å². The van der Waals surface area contributed by atoms with Gasteiger partial charge in [-0.1, -0.05) is 34.6 Å². The molecule has 0 fully saturated rings. The maximum atomic E-state index is 4.94. The molecule has 0 saturated heterocycles. The standard InChI is InChI=1S/C19H32N2/c1-11(2)16-9-13(5)15(7)21(8)19-18(16)17(12(3)4)10-14(6)20-19/h10-13,15-16H,9H2,1-8H3/t13-,15-,16?/m1/s1. The summed E-state index contributed by atoms with van der Waals surface area (Å²) in [5, 5.41) is 0. The van der Waals surface area contributed by atoms with E-state index >= 15 is 0 Å². The van der Waals surface area contributed by atoms with Crippen molar-refractivity contribution in [1.82, 2.24) is 4.98 Å². The summed E-state index contributed by atoms with van der Waals surface area (Å²) in [5.74, 6) is 3.75. The molecule has 0 bridgehead atoms. The second kappa shape index (κ2) is 5.98. The molecule has 0 saturated carbocycles. The van der Waals surface area contributed by atoms with E-state index in [1.54, 1.807) is 0 Å². The summed E-state index contributed by atoms with van der Waals surface area (Å²) in [6, 6.07) is 2.86. The second-order valence-electron chi connectivity index (χ2n) is 7.66. The Hall–Kier alpha value is -1.05. The lowest BCUT2D eigenvalue weighted by Crippen LogP contribution is -2.34. The van der Waals surface area contributed by atoms with Gasteiger partial charge in [0.15, 0.2) is 0 Å². The molecule has 1 unspecified atom stereocenters. The van der Waals surface area contributed by atoms with Gasteiger partial charge < -0.3 is 4.90 Å². The molecule has 0 aromatic carbocycles. The summed E-state index contributed by atoms with van der Waals surface area (Å²) in [4.78, 5) is 7.36. The normalized spacial score (nSPS) is 26.2. The van der Waals surface area contributed by atoms with Crippen molar-refractivity contribution in [3.05, 3.63) is 22.9 Å². The Morgan fingerprint density at radius 3 is 2.33 bits per heavy atom. The first kappa shape index (κ1) is 16.3. The van der Waals surface area contributed by atoms with E-state index < -0.39 is 0 Å². The van der Waals surface area contributed by atoms with Crippen LogP contribution >= 0.6 is 0 Å². The van der Waals surface area contributed by atoms with Crippen LogP contribution in [0.5, 0.6) is 0 Å². The molecule has 0 N–H and O–H groups in total. The number of aryl methyl sites for hydroxylation is 1. The SMILES string of the molecule is Cc1cc(C(C)C)c2c(n1)N(C)[C@H](C)[C@H](C)CC2C(C)C. The quantitative estimate of drug-likeness (QED) is 0.751. The number of hydrogen-bond donors (Lipinski definition) is 0. The van der Waals surface area contributed by atoms with E-state index in [2.05, 4.69) is 66.5 Å². The fourth-order valence-corrected chi connectivity index (χ4v) is 3.71. The number of aromatic nitrogens is 1. The number of fused-ring (bicyclic) bond motifs is 1. The first-order chi connectivity index (χ1) is 9.73. The van der Waals surface area contributed by atoms with Crippen molar-refractivity contribution in [2.75, 3.05) is 11.9 Å². The maximum Gasteiger partial charge on any atom is 0.132 e. The molecule has 3 atom stereocenters. The van der Waals surface area contributed by atoms with Crippen molar-refractivity contribution < 1.29 is 0 Å². The van der Waals surface area contributed by atoms with Gasteiger partial charge in [-0.05, 0) is 55.6 Å². The molecular formula is C19H32N2. The minimum absolute atomic E-state index is 0.543. The molecule has 118 valence electrons. The van der Waals surface area contributed by atoms with E-state index in [0.29, 0.717) is 29.7 Å². The van der Waals surface area contributed by atoms with Crippen molar-refractivity contribution in [2.45, 2.75) is 72.8 Å². The van der Waals surface area contributed by atoms with E-state index in [1.165, 1.54) is 23.4 Å². The van der Waals surface area contributed by atoms with Gasteiger partial charge in [0.25, 0.3) is 0 Å². The molecule has 1 aromatic heterocycles. The molecule has 2 rings (SSSR count). The highest BCUT2D eigenvalue weighted by Crippen LogP contribution is 2.44. The van der Waals surface area contributed by atoms with Gasteiger partial charge in [0.2, 0.25) is 0 Å². The molecule has 0 spiro atoms. The summed E-state index contributed by atoms with van der Waals surface area (Å²) in [7, 11) is 2.22. The van der Waals surface area contributed by atoms with Crippen LogP contribution in [0.1, 0.15) is 76.6 Å². The fourth-order valence-electron chi connectivity index (χ4n) is 3.71. The van der Waals surface area contributed by atoms with E-state index in [1.807, 2.05) is 0 Å². The maximum absolute atomic E-state index is 4.94. The Morgan fingerprint density at radius 2 is 1.81 bits per heavy atom. The third-order valence-corrected chi connectivity index (χ3v) is 5.39. The van der Waals surface area contributed by atoms with Crippen molar-refractivity contribution >= 4 is 5.82 Å². The molecule has 0 aliphatic carbocycles. The fraction of sp³-hybridized carbons (Fsp3) is 0.737. The summed E-state index contributed by atoms with van der Waals surface area (Å²) < 4.78 is 0. The van der Waals surface area contributed by atoms with Gasteiger partial charge in [0, 0.05) is 24.3 Å². The third kappa shape index (κ3) is 2.95. The molecule has 2 nitrogen and oxygen atoms in total. The van der Waals surface area contributed by atoms with Crippen LogP contribution in [0.15, 0.2) is 6.07 Å². The molecule has 21 heavy (non-hydrogen) atoms. The molecule has 2 heterocycles. The van der Waals surface area contributed by atoms with E-state index in [9.17, 15) is 0 Å². The third-order valence-electron chi connectivity index (χ3n) is 5.39. The van der Waals surface area contributed by atoms with E-state index in [4.69, 9.17) is 4.98 Å². The lowest BCUT2D eigenvalue weighted by atomic mass is 9.78. The highest BCUT2D eigenvalue weighted by molar-refractivity contribution is 5.56. The van der Waals surface area contributed by atoms with Crippen LogP contribution in [0.25, 0.3) is 0 Å². The Bertz CT molecular complexity index is 505. The van der Waals surface area contributed by atoms with Gasteiger partial charge in [-0.2, -0.15) is 0 Å². The Kier molecular flexibility index (Phi) is 4.65. The minimum atomic E-state index is 0.543. The highest BCUT2D eigenvalue weighted by atomic mass is 15.2. The number of nitrogens with zero attached hydrogens (tertiary/aromatic N) is 2. The van der Waals surface area contributed by atoms with Crippen LogP contribution in [0.4, 0.5) is 5.82 Å². The summed E-state index contributed by atoms with van der Waals surface area (Å²) in [6.45, 7) is 16.2. The summed E-state index contributed by atoms with van der Waals surface area (Å²) >= 11 is 0. The average Bonchev–Trinajstić information content (AvgIpc) is 2.49. The molecule has 0 radical (unpaired) electrons. The van der Waals surface area contributed by atoms with Gasteiger partial charge >= 0.3 is 0 Å². The smallest absolute Gasteiger partial charge is 0.132 e. The lowest BCUT2D eigenvalue weighted by molar-refractivity contribution is 0.364. The number of rotatable bonds is 2. The first-order valence-corrected chi connectivity index (χ1v) is 8.48. The predicted molar refractivity (Wildman–Crippen MR) is 92.3 cm³/mol. The van der Waals surface area contributed by atoms with Gasteiger partial charge in [-0.3, -0.25) is 0 Å². The lowest BCUT2D eigenvalue weighted by Gasteiger charge is -2.30. The number of pyridine rings is 1. The largest absolute Gasteiger partial charge is 0.356 e. The molecule has 1 aliphatic rings. The van der Waals surface area contributed by atoms with E-state index in [-0.39, 0.29) is 0 Å². The van der Waals surface area contributed by atoms with Crippen LogP contribution in [0.3, 0.4) is 0 Å². The zero-order valence-electron chi connectivity index (χ0n) is 15.1. The number of hydrogen-bond acceptors (Lipinski definition) is 2. The zero-order valence-corrected chi connectivity index (χ0v) is 15.1. The van der Waals surface area contributed by atoms with E-state index in [0.717, 1.165) is 5.69 Å². The molecule has 0 amide bonds. The summed E-state index contributed by atoms with van der Waals surface area (Å²) in [5.41, 5.74) is 4.17. The topological polar surface area (TPSA) is 16.1 Å². The Morgan fingerprint density at radius 1 is 1.19 bits per heavy atom. The van der Waals surface area contributed by atoms with Gasteiger partial charge in [0.05, 0.1) is 0 Å². The van der Waals surface area contributed by atoms with Gasteiger partial charge in [0.1, 0.15) is 5.82 Å². The van der Waals surface area contributed by atoms with Crippen molar-refractivity contribution in [2.24, 2.45) is 11.8 Å². The molecule has 2 heteroatoms. The van der Waals surface area contributed by atoms with Crippen LogP contribution in [-0.4, -0.2) is 18.1 Å². The predicted octanol–water partition coefficient (Wildman–Crippen LogP) is 5.12. The minimum Gasteiger partial charge on any atom is -0.356 e. The van der Waals surface area contributed by atoms with Crippen molar-refractivity contribution in [1.29, 1.82) is 0 Å². The highest BCUT2D eigenvalue weighted by Gasteiger charge is 2.34.